The van der Waals surface area contributed by atoms with E-state index in [1.54, 1.807) is 30.5 Å². The lowest BCUT2D eigenvalue weighted by Gasteiger charge is -2.11. The molecule has 0 aliphatic carbocycles. The summed E-state index contributed by atoms with van der Waals surface area (Å²) in [6.45, 7) is 0.330. The summed E-state index contributed by atoms with van der Waals surface area (Å²) in [6.07, 6.45) is 2.74. The lowest BCUT2D eigenvalue weighted by Crippen LogP contribution is -2.31. The maximum Gasteiger partial charge on any atom is 0.333 e. The molecule has 1 aromatic heterocycles. The van der Waals surface area contributed by atoms with Crippen LogP contribution in [0.2, 0.25) is 5.02 Å². The second-order valence-electron chi connectivity index (χ2n) is 7.08. The number of fused-ring (bicyclic) bond motifs is 1. The molecule has 0 fully saturated rings. The van der Waals surface area contributed by atoms with Crippen molar-refractivity contribution >= 4 is 40.2 Å². The first kappa shape index (κ1) is 21.5. The van der Waals surface area contributed by atoms with Crippen molar-refractivity contribution in [1.29, 1.82) is 0 Å². The number of nitrogens with one attached hydrogen (secondary N) is 1. The number of nitrogens with zero attached hydrogens (tertiary/aromatic N) is 1. The van der Waals surface area contributed by atoms with Crippen LogP contribution in [0, 0.1) is 0 Å². The molecular weight excluding hydrogens is 436 g/mol. The molecule has 0 spiro atoms. The number of esters is 1. The fourth-order valence-electron chi connectivity index (χ4n) is 3.51. The molecule has 1 amide bonds. The van der Waals surface area contributed by atoms with Gasteiger partial charge in [-0.05, 0) is 23.8 Å². The van der Waals surface area contributed by atoms with E-state index in [1.807, 2.05) is 16.7 Å². The van der Waals surface area contributed by atoms with Gasteiger partial charge in [-0.15, -0.1) is 0 Å². The number of aromatic nitrogens is 1. The normalized spacial score (nSPS) is 13.0. The van der Waals surface area contributed by atoms with Crippen LogP contribution < -0.4 is 14.8 Å². The fraction of sp³-hybridized carbons (Fsp3) is 0.174. The van der Waals surface area contributed by atoms with E-state index in [2.05, 4.69) is 5.32 Å². The Kier molecular flexibility index (Phi) is 5.87. The van der Waals surface area contributed by atoms with Crippen LogP contribution in [0.4, 0.5) is 0 Å². The number of cyclic esters (lactones) is 1. The van der Waals surface area contributed by atoms with E-state index in [0.717, 1.165) is 11.6 Å². The third kappa shape index (κ3) is 4.17. The number of halogens is 1. The van der Waals surface area contributed by atoms with Crippen molar-refractivity contribution in [3.05, 3.63) is 70.5 Å². The summed E-state index contributed by atoms with van der Waals surface area (Å²) in [5, 5.41) is 3.55. The van der Waals surface area contributed by atoms with E-state index >= 15 is 0 Å². The van der Waals surface area contributed by atoms with Gasteiger partial charge in [0.25, 0.3) is 11.7 Å². The highest BCUT2D eigenvalue weighted by Gasteiger charge is 2.26. The maximum absolute atomic E-state index is 13.1. The van der Waals surface area contributed by atoms with Gasteiger partial charge in [-0.1, -0.05) is 23.7 Å². The Bertz CT molecular complexity index is 1260. The third-order valence-electron chi connectivity index (χ3n) is 5.02. The monoisotopic (exact) mass is 454 g/mol. The Morgan fingerprint density at radius 3 is 2.53 bits per heavy atom. The number of hydrogen-bond acceptors (Lipinski definition) is 6. The van der Waals surface area contributed by atoms with Gasteiger partial charge in [0.2, 0.25) is 0 Å². The molecular formula is C23H19ClN2O6. The van der Waals surface area contributed by atoms with E-state index in [9.17, 15) is 14.4 Å². The van der Waals surface area contributed by atoms with Gasteiger partial charge in [0, 0.05) is 35.3 Å². The first-order valence-corrected chi connectivity index (χ1v) is 9.99. The molecule has 4 rings (SSSR count). The first-order chi connectivity index (χ1) is 15.4. The van der Waals surface area contributed by atoms with Gasteiger partial charge in [0.15, 0.2) is 0 Å². The van der Waals surface area contributed by atoms with Gasteiger partial charge in [-0.25, -0.2) is 4.79 Å². The number of ketones is 1. The van der Waals surface area contributed by atoms with Crippen molar-refractivity contribution in [3.63, 3.8) is 0 Å². The van der Waals surface area contributed by atoms with Crippen LogP contribution in [-0.2, 0) is 20.9 Å². The summed E-state index contributed by atoms with van der Waals surface area (Å²) >= 11 is 5.99. The number of methoxy groups -OCH3 is 2. The van der Waals surface area contributed by atoms with Gasteiger partial charge in [-0.2, -0.15) is 0 Å². The highest BCUT2D eigenvalue weighted by Crippen LogP contribution is 2.35. The van der Waals surface area contributed by atoms with Crippen molar-refractivity contribution < 1.29 is 28.6 Å². The molecule has 32 heavy (non-hydrogen) atoms. The zero-order valence-electron chi connectivity index (χ0n) is 17.3. The van der Waals surface area contributed by atoms with E-state index in [1.165, 1.54) is 14.2 Å². The summed E-state index contributed by atoms with van der Waals surface area (Å²) in [7, 11) is 3.02. The fourth-order valence-corrected chi connectivity index (χ4v) is 3.64. The van der Waals surface area contributed by atoms with Crippen LogP contribution in [0.1, 0.15) is 15.9 Å². The minimum atomic E-state index is -0.873. The zero-order chi connectivity index (χ0) is 22.8. The van der Waals surface area contributed by atoms with Crippen molar-refractivity contribution in [2.24, 2.45) is 0 Å². The van der Waals surface area contributed by atoms with Crippen LogP contribution in [0.15, 0.2) is 54.4 Å². The summed E-state index contributed by atoms with van der Waals surface area (Å²) in [6, 6.07) is 10.7. The zero-order valence-corrected chi connectivity index (χ0v) is 18.1. The van der Waals surface area contributed by atoms with Crippen LogP contribution in [0.3, 0.4) is 0 Å². The van der Waals surface area contributed by atoms with Gasteiger partial charge in [0.05, 0.1) is 31.0 Å². The van der Waals surface area contributed by atoms with Crippen molar-refractivity contribution in [3.8, 4) is 11.5 Å². The predicted octanol–water partition coefficient (Wildman–Crippen LogP) is 3.10. The topological polar surface area (TPSA) is 95.9 Å². The smallest absolute Gasteiger partial charge is 0.333 e. The molecule has 0 saturated heterocycles. The number of Topliss-reactive ketones (excluding diaryl/α,β-unsaturated/α-hetero) is 1. The number of ether oxygens (including phenoxy) is 3. The van der Waals surface area contributed by atoms with E-state index in [4.69, 9.17) is 25.8 Å². The largest absolute Gasteiger partial charge is 0.497 e. The lowest BCUT2D eigenvalue weighted by molar-refractivity contribution is -0.135. The molecule has 0 saturated carbocycles. The van der Waals surface area contributed by atoms with Crippen molar-refractivity contribution in [2.75, 3.05) is 20.8 Å². The van der Waals surface area contributed by atoms with Crippen molar-refractivity contribution in [1.82, 2.24) is 9.88 Å². The number of amides is 1. The number of rotatable bonds is 7. The molecule has 2 heterocycles. The molecule has 0 bridgehead atoms. The molecule has 3 aromatic rings. The van der Waals surface area contributed by atoms with Crippen LogP contribution in [0.5, 0.6) is 11.5 Å². The quantitative estimate of drug-likeness (QED) is 0.335. The number of carbonyl (C=O) groups is 3. The number of hydrogen-bond donors (Lipinski definition) is 1. The molecule has 164 valence electrons. The molecule has 1 aliphatic rings. The standard InChI is InChI=1S/C23H19ClN2O6/c1-30-16-8-17-18(22(28)23(29)25-15-7-20(27)32-12-15)11-26(21(17)19(9-16)31-2)10-13-3-5-14(24)6-4-13/h3-9,11H,10,12H2,1-2H3,(H,25,29). The highest BCUT2D eigenvalue weighted by atomic mass is 35.5. The second kappa shape index (κ2) is 8.76. The van der Waals surface area contributed by atoms with Crippen LogP contribution in [-0.4, -0.2) is 43.1 Å². The average Bonchev–Trinajstić information content (AvgIpc) is 3.37. The lowest BCUT2D eigenvalue weighted by atomic mass is 10.1. The van der Waals surface area contributed by atoms with E-state index in [0.29, 0.717) is 34.0 Å². The SMILES string of the molecule is COc1cc(OC)c2c(c1)c(C(=O)C(=O)NC1=CC(=O)OC1)cn2Cc1ccc(Cl)cc1. The predicted molar refractivity (Wildman–Crippen MR) is 117 cm³/mol. The van der Waals surface area contributed by atoms with Crippen LogP contribution >= 0.6 is 11.6 Å². The molecule has 1 aliphatic heterocycles. The Morgan fingerprint density at radius 1 is 1.16 bits per heavy atom. The minimum absolute atomic E-state index is 0.0855. The Labute approximate surface area is 188 Å². The first-order valence-electron chi connectivity index (χ1n) is 9.62. The molecule has 9 heteroatoms. The minimum Gasteiger partial charge on any atom is -0.497 e. The molecule has 0 atom stereocenters. The second-order valence-corrected chi connectivity index (χ2v) is 7.52. The van der Waals surface area contributed by atoms with E-state index < -0.39 is 17.7 Å². The van der Waals surface area contributed by atoms with Gasteiger partial charge >= 0.3 is 5.97 Å². The maximum atomic E-state index is 13.1. The average molecular weight is 455 g/mol. The summed E-state index contributed by atoms with van der Waals surface area (Å²) < 4.78 is 17.5. The Morgan fingerprint density at radius 2 is 1.91 bits per heavy atom. The highest BCUT2D eigenvalue weighted by molar-refractivity contribution is 6.45. The Balaban J connectivity index is 1.78. The van der Waals surface area contributed by atoms with Gasteiger partial charge in [-0.3, -0.25) is 9.59 Å². The molecule has 8 nitrogen and oxygen atoms in total. The molecule has 0 unspecified atom stereocenters. The van der Waals surface area contributed by atoms with Gasteiger partial charge in [0.1, 0.15) is 18.1 Å². The summed E-state index contributed by atoms with van der Waals surface area (Å²) in [5.74, 6) is -1.24. The molecule has 2 aromatic carbocycles. The van der Waals surface area contributed by atoms with Crippen molar-refractivity contribution in [2.45, 2.75) is 6.54 Å². The Hall–Kier alpha value is -3.78. The summed E-state index contributed by atoms with van der Waals surface area (Å²) in [4.78, 5) is 36.9. The molecule has 0 radical (unpaired) electrons. The van der Waals surface area contributed by atoms with E-state index in [-0.39, 0.29) is 17.9 Å². The summed E-state index contributed by atoms with van der Waals surface area (Å²) in [5.41, 5.74) is 1.99. The third-order valence-corrected chi connectivity index (χ3v) is 5.27. The van der Waals surface area contributed by atoms with Crippen LogP contribution in [0.25, 0.3) is 10.9 Å². The molecule has 1 N–H and O–H groups in total. The van der Waals surface area contributed by atoms with Gasteiger partial charge < -0.3 is 24.1 Å². The number of benzene rings is 2. The number of carbonyl (C=O) groups excluding carboxylic acids is 3.